The lowest BCUT2D eigenvalue weighted by Crippen LogP contribution is -2.22. The van der Waals surface area contributed by atoms with E-state index in [-0.39, 0.29) is 10.8 Å². The first-order chi connectivity index (χ1) is 14.3. The van der Waals surface area contributed by atoms with Crippen LogP contribution in [0.1, 0.15) is 32.9 Å². The minimum atomic E-state index is -0.620. The summed E-state index contributed by atoms with van der Waals surface area (Å²) in [7, 11) is 0. The zero-order valence-corrected chi connectivity index (χ0v) is 18.2. The van der Waals surface area contributed by atoms with E-state index in [1.807, 2.05) is 30.3 Å². The zero-order valence-electron chi connectivity index (χ0n) is 16.7. The van der Waals surface area contributed by atoms with Crippen LogP contribution in [0.2, 0.25) is 10.0 Å². The van der Waals surface area contributed by atoms with Crippen LogP contribution in [0.4, 0.5) is 5.82 Å². The van der Waals surface area contributed by atoms with Crippen LogP contribution >= 0.6 is 23.2 Å². The predicted molar refractivity (Wildman–Crippen MR) is 115 cm³/mol. The van der Waals surface area contributed by atoms with E-state index in [9.17, 15) is 9.59 Å². The molecule has 0 saturated heterocycles. The van der Waals surface area contributed by atoms with E-state index in [2.05, 4.69) is 15.4 Å². The Balaban J connectivity index is 1.65. The van der Waals surface area contributed by atoms with Crippen LogP contribution in [0.5, 0.6) is 0 Å². The normalized spacial score (nSPS) is 10.7. The highest BCUT2D eigenvalue weighted by Crippen LogP contribution is 2.28. The first-order valence-corrected chi connectivity index (χ1v) is 9.89. The van der Waals surface area contributed by atoms with Gasteiger partial charge in [-0.2, -0.15) is 5.10 Å². The fourth-order valence-electron chi connectivity index (χ4n) is 2.92. The molecule has 0 bridgehead atoms. The van der Waals surface area contributed by atoms with Crippen molar-refractivity contribution >= 4 is 40.9 Å². The molecule has 7 nitrogen and oxygen atoms in total. The van der Waals surface area contributed by atoms with Gasteiger partial charge in [-0.1, -0.05) is 53.5 Å². The average Bonchev–Trinajstić information content (AvgIpc) is 3.00. The highest BCUT2D eigenvalue weighted by Gasteiger charge is 2.21. The van der Waals surface area contributed by atoms with E-state index in [1.165, 1.54) is 6.20 Å². The number of carbonyl (C=O) groups excluding carboxylic acids is 2. The first-order valence-electron chi connectivity index (χ1n) is 9.13. The van der Waals surface area contributed by atoms with E-state index in [4.69, 9.17) is 27.9 Å². The number of nitrogens with zero attached hydrogens (tertiary/aromatic N) is 3. The van der Waals surface area contributed by atoms with E-state index in [0.717, 1.165) is 5.56 Å². The highest BCUT2D eigenvalue weighted by atomic mass is 35.5. The molecule has 1 N–H and O–H groups in total. The number of halogens is 2. The van der Waals surface area contributed by atoms with Crippen molar-refractivity contribution < 1.29 is 14.3 Å². The smallest absolute Gasteiger partial charge is 0.342 e. The Hall–Kier alpha value is -2.90. The second-order valence-corrected chi connectivity index (χ2v) is 7.49. The zero-order chi connectivity index (χ0) is 21.8. The van der Waals surface area contributed by atoms with Crippen LogP contribution in [0.3, 0.4) is 0 Å². The lowest BCUT2D eigenvalue weighted by Gasteiger charge is -2.10. The molecule has 3 aromatic rings. The number of aromatic nitrogens is 3. The van der Waals surface area contributed by atoms with Crippen molar-refractivity contribution in [3.8, 4) is 0 Å². The maximum atomic E-state index is 12.6. The Bertz CT molecular complexity index is 1100. The van der Waals surface area contributed by atoms with Gasteiger partial charge in [0.2, 0.25) is 0 Å². The Labute approximate surface area is 184 Å². The third-order valence-corrected chi connectivity index (χ3v) is 5.40. The van der Waals surface area contributed by atoms with Gasteiger partial charge in [0.1, 0.15) is 5.56 Å². The van der Waals surface area contributed by atoms with Crippen LogP contribution in [-0.2, 0) is 16.1 Å². The van der Waals surface area contributed by atoms with Gasteiger partial charge in [0.15, 0.2) is 12.4 Å². The van der Waals surface area contributed by atoms with Crippen molar-refractivity contribution in [2.45, 2.75) is 27.3 Å². The molecule has 1 amide bonds. The van der Waals surface area contributed by atoms with Gasteiger partial charge in [-0.25, -0.2) is 9.78 Å². The van der Waals surface area contributed by atoms with Crippen molar-refractivity contribution in [3.63, 3.8) is 0 Å². The van der Waals surface area contributed by atoms with Gasteiger partial charge >= 0.3 is 5.97 Å². The van der Waals surface area contributed by atoms with Gasteiger partial charge in [-0.3, -0.25) is 9.48 Å². The quantitative estimate of drug-likeness (QED) is 0.568. The number of benzene rings is 1. The first kappa shape index (κ1) is 21.8. The fourth-order valence-corrected chi connectivity index (χ4v) is 3.31. The van der Waals surface area contributed by atoms with Crippen LogP contribution in [0, 0.1) is 20.8 Å². The van der Waals surface area contributed by atoms with E-state index >= 15 is 0 Å². The third-order valence-electron chi connectivity index (χ3n) is 4.56. The van der Waals surface area contributed by atoms with Crippen LogP contribution in [0.25, 0.3) is 0 Å². The SMILES string of the molecule is Cc1nn(Cc2ccccc2)c(C)c1C(=O)OCC(=O)Nc1ncc(Cl)c(C)c1Cl. The number of anilines is 1. The van der Waals surface area contributed by atoms with Crippen molar-refractivity contribution in [3.05, 3.63) is 74.7 Å². The number of ether oxygens (including phenoxy) is 1. The number of rotatable bonds is 6. The Morgan fingerprint density at radius 1 is 1.13 bits per heavy atom. The molecule has 0 unspecified atom stereocenters. The molecule has 156 valence electrons. The molecule has 0 fully saturated rings. The summed E-state index contributed by atoms with van der Waals surface area (Å²) in [6, 6.07) is 9.79. The summed E-state index contributed by atoms with van der Waals surface area (Å²) in [6.07, 6.45) is 1.39. The van der Waals surface area contributed by atoms with Crippen molar-refractivity contribution in [2.75, 3.05) is 11.9 Å². The number of amides is 1. The number of hydrogen-bond donors (Lipinski definition) is 1. The molecule has 0 radical (unpaired) electrons. The second kappa shape index (κ2) is 9.28. The minimum Gasteiger partial charge on any atom is -0.452 e. The summed E-state index contributed by atoms with van der Waals surface area (Å²) in [4.78, 5) is 28.7. The highest BCUT2D eigenvalue weighted by molar-refractivity contribution is 6.37. The molecule has 2 aromatic heterocycles. The van der Waals surface area contributed by atoms with E-state index in [1.54, 1.807) is 25.5 Å². The molecule has 0 aliphatic heterocycles. The maximum absolute atomic E-state index is 12.6. The number of esters is 1. The molecule has 0 aliphatic rings. The molecular weight excluding hydrogens is 427 g/mol. The molecule has 1 aromatic carbocycles. The molecule has 9 heteroatoms. The number of hydrogen-bond acceptors (Lipinski definition) is 5. The molecule has 30 heavy (non-hydrogen) atoms. The fraction of sp³-hybridized carbons (Fsp3) is 0.238. The third kappa shape index (κ3) is 4.80. The molecule has 3 rings (SSSR count). The van der Waals surface area contributed by atoms with Gasteiger partial charge in [0.25, 0.3) is 5.91 Å². The average molecular weight is 447 g/mol. The van der Waals surface area contributed by atoms with Gasteiger partial charge in [0.05, 0.1) is 28.0 Å². The Morgan fingerprint density at radius 2 is 1.83 bits per heavy atom. The number of nitrogens with one attached hydrogen (secondary N) is 1. The number of aryl methyl sites for hydroxylation is 1. The summed E-state index contributed by atoms with van der Waals surface area (Å²) >= 11 is 12.1. The second-order valence-electron chi connectivity index (χ2n) is 6.71. The predicted octanol–water partition coefficient (Wildman–Crippen LogP) is 4.35. The van der Waals surface area contributed by atoms with Crippen LogP contribution < -0.4 is 5.32 Å². The van der Waals surface area contributed by atoms with Gasteiger partial charge in [-0.05, 0) is 31.9 Å². The Kier molecular flexibility index (Phi) is 6.74. The monoisotopic (exact) mass is 446 g/mol. The molecule has 0 aliphatic carbocycles. The van der Waals surface area contributed by atoms with Gasteiger partial charge < -0.3 is 10.1 Å². The molecule has 0 spiro atoms. The summed E-state index contributed by atoms with van der Waals surface area (Å²) in [5, 5.41) is 7.56. The largest absolute Gasteiger partial charge is 0.452 e. The summed E-state index contributed by atoms with van der Waals surface area (Å²) in [6.45, 7) is 5.27. The summed E-state index contributed by atoms with van der Waals surface area (Å²) in [5.74, 6) is -1.03. The minimum absolute atomic E-state index is 0.155. The van der Waals surface area contributed by atoms with Gasteiger partial charge in [0, 0.05) is 6.20 Å². The van der Waals surface area contributed by atoms with Crippen LogP contribution in [-0.4, -0.2) is 33.2 Å². The number of carbonyl (C=O) groups is 2. The van der Waals surface area contributed by atoms with Crippen LogP contribution in [0.15, 0.2) is 36.5 Å². The summed E-state index contributed by atoms with van der Waals surface area (Å²) < 4.78 is 6.92. The molecule has 0 saturated carbocycles. The molecule has 2 heterocycles. The lowest BCUT2D eigenvalue weighted by molar-refractivity contribution is -0.119. The van der Waals surface area contributed by atoms with Crippen molar-refractivity contribution in [1.82, 2.24) is 14.8 Å². The van der Waals surface area contributed by atoms with Crippen molar-refractivity contribution in [2.24, 2.45) is 0 Å². The summed E-state index contributed by atoms with van der Waals surface area (Å²) in [5.41, 5.74) is 3.20. The lowest BCUT2D eigenvalue weighted by atomic mass is 10.2. The molecular formula is C21H20Cl2N4O3. The standard InChI is InChI=1S/C21H20Cl2N4O3/c1-12-16(22)9-24-20(19(12)23)25-17(28)11-30-21(29)18-13(2)26-27(14(18)3)10-15-7-5-4-6-8-15/h4-9H,10-11H2,1-3H3,(H,24,25,28). The van der Waals surface area contributed by atoms with E-state index in [0.29, 0.717) is 34.1 Å². The van der Waals surface area contributed by atoms with E-state index < -0.39 is 18.5 Å². The number of pyridine rings is 1. The topological polar surface area (TPSA) is 86.1 Å². The van der Waals surface area contributed by atoms with Crippen molar-refractivity contribution in [1.29, 1.82) is 0 Å². The van der Waals surface area contributed by atoms with Gasteiger partial charge in [-0.15, -0.1) is 0 Å². The molecule has 0 atom stereocenters. The Morgan fingerprint density at radius 3 is 2.53 bits per heavy atom. The maximum Gasteiger partial charge on any atom is 0.342 e.